The summed E-state index contributed by atoms with van der Waals surface area (Å²) in [7, 11) is -3.80. The van der Waals surface area contributed by atoms with Gasteiger partial charge in [-0.1, -0.05) is 13.8 Å². The standard InChI is InChI=1S/C14H25N3O3S/c1-5-20-8-13(9(2)3)17-12-6-11(15)7-14(10(12)4)21(16,18)19/h6-7,9,13,17H,5,8,15H2,1-4H3,(H2,16,18,19). The predicted octanol–water partition coefficient (Wildman–Crippen LogP) is 1.70. The van der Waals surface area contributed by atoms with Crippen molar-refractivity contribution in [3.05, 3.63) is 17.7 Å². The van der Waals surface area contributed by atoms with Crippen LogP contribution in [-0.2, 0) is 14.8 Å². The molecule has 0 heterocycles. The van der Waals surface area contributed by atoms with Crippen LogP contribution in [0, 0.1) is 12.8 Å². The molecule has 0 saturated heterocycles. The lowest BCUT2D eigenvalue weighted by atomic mass is 10.0. The molecule has 0 aliphatic rings. The molecular weight excluding hydrogens is 290 g/mol. The molecular formula is C14H25N3O3S. The first-order valence-electron chi connectivity index (χ1n) is 6.94. The summed E-state index contributed by atoms with van der Waals surface area (Å²) < 4.78 is 28.7. The number of sulfonamides is 1. The summed E-state index contributed by atoms with van der Waals surface area (Å²) >= 11 is 0. The van der Waals surface area contributed by atoms with Crippen molar-refractivity contribution in [3.63, 3.8) is 0 Å². The van der Waals surface area contributed by atoms with E-state index in [2.05, 4.69) is 19.2 Å². The highest BCUT2D eigenvalue weighted by Crippen LogP contribution is 2.27. The molecule has 0 aromatic heterocycles. The highest BCUT2D eigenvalue weighted by atomic mass is 32.2. The third-order valence-electron chi connectivity index (χ3n) is 3.34. The van der Waals surface area contributed by atoms with Gasteiger partial charge in [-0.05, 0) is 37.5 Å². The van der Waals surface area contributed by atoms with E-state index in [9.17, 15) is 8.42 Å². The van der Waals surface area contributed by atoms with Crippen LogP contribution in [0.5, 0.6) is 0 Å². The molecule has 1 unspecified atom stereocenters. The van der Waals surface area contributed by atoms with Crippen LogP contribution in [0.25, 0.3) is 0 Å². The monoisotopic (exact) mass is 315 g/mol. The van der Waals surface area contributed by atoms with Crippen molar-refractivity contribution in [2.75, 3.05) is 24.3 Å². The van der Waals surface area contributed by atoms with Crippen LogP contribution in [0.1, 0.15) is 26.3 Å². The van der Waals surface area contributed by atoms with E-state index in [0.717, 1.165) is 0 Å². The van der Waals surface area contributed by atoms with Crippen LogP contribution in [0.4, 0.5) is 11.4 Å². The fraction of sp³-hybridized carbons (Fsp3) is 0.571. The van der Waals surface area contributed by atoms with Crippen molar-refractivity contribution >= 4 is 21.4 Å². The van der Waals surface area contributed by atoms with Crippen LogP contribution in [0.2, 0.25) is 0 Å². The number of primary sulfonamides is 1. The number of hydrogen-bond donors (Lipinski definition) is 3. The van der Waals surface area contributed by atoms with Gasteiger partial charge in [0.25, 0.3) is 0 Å². The summed E-state index contributed by atoms with van der Waals surface area (Å²) in [6.45, 7) is 8.94. The van der Waals surface area contributed by atoms with Gasteiger partial charge in [-0.2, -0.15) is 0 Å². The molecule has 1 rings (SSSR count). The number of ether oxygens (including phenoxy) is 1. The van der Waals surface area contributed by atoms with Crippen LogP contribution in [-0.4, -0.2) is 27.7 Å². The van der Waals surface area contributed by atoms with E-state index in [1.165, 1.54) is 6.07 Å². The Morgan fingerprint density at radius 1 is 1.33 bits per heavy atom. The molecule has 0 fully saturated rings. The topological polar surface area (TPSA) is 107 Å². The summed E-state index contributed by atoms with van der Waals surface area (Å²) in [5.74, 6) is 0.315. The molecule has 1 atom stereocenters. The number of benzene rings is 1. The van der Waals surface area contributed by atoms with Gasteiger partial charge in [-0.15, -0.1) is 0 Å². The molecule has 0 radical (unpaired) electrons. The van der Waals surface area contributed by atoms with E-state index in [0.29, 0.717) is 36.1 Å². The summed E-state index contributed by atoms with van der Waals surface area (Å²) in [6.07, 6.45) is 0. The van der Waals surface area contributed by atoms with Crippen LogP contribution in [0.15, 0.2) is 17.0 Å². The second-order valence-electron chi connectivity index (χ2n) is 5.39. The number of rotatable bonds is 7. The maximum Gasteiger partial charge on any atom is 0.238 e. The quantitative estimate of drug-likeness (QED) is 0.664. The Bertz CT molecular complexity index is 585. The summed E-state index contributed by atoms with van der Waals surface area (Å²) in [5, 5.41) is 8.54. The third-order valence-corrected chi connectivity index (χ3v) is 4.37. The van der Waals surface area contributed by atoms with Crippen molar-refractivity contribution in [3.8, 4) is 0 Å². The number of nitrogens with two attached hydrogens (primary N) is 2. The Hall–Kier alpha value is -1.31. The molecule has 0 spiro atoms. The molecule has 7 heteroatoms. The number of anilines is 2. The van der Waals surface area contributed by atoms with Crippen LogP contribution in [0.3, 0.4) is 0 Å². The van der Waals surface area contributed by atoms with Gasteiger partial charge >= 0.3 is 0 Å². The number of hydrogen-bond acceptors (Lipinski definition) is 5. The zero-order chi connectivity index (χ0) is 16.2. The van der Waals surface area contributed by atoms with Gasteiger partial charge in [0.15, 0.2) is 0 Å². The Morgan fingerprint density at radius 2 is 1.95 bits per heavy atom. The van der Waals surface area contributed by atoms with E-state index in [1.807, 2.05) is 6.92 Å². The largest absolute Gasteiger partial charge is 0.399 e. The average Bonchev–Trinajstić information content (AvgIpc) is 2.36. The molecule has 0 saturated carbocycles. The summed E-state index contributed by atoms with van der Waals surface area (Å²) in [6, 6.07) is 3.15. The van der Waals surface area contributed by atoms with Crippen molar-refractivity contribution in [1.82, 2.24) is 0 Å². The molecule has 21 heavy (non-hydrogen) atoms. The Kier molecular flexibility index (Phi) is 6.00. The van der Waals surface area contributed by atoms with E-state index < -0.39 is 10.0 Å². The highest BCUT2D eigenvalue weighted by molar-refractivity contribution is 7.89. The second kappa shape index (κ2) is 7.11. The summed E-state index contributed by atoms with van der Waals surface area (Å²) in [5.41, 5.74) is 7.37. The van der Waals surface area contributed by atoms with Crippen LogP contribution >= 0.6 is 0 Å². The number of nitrogens with one attached hydrogen (secondary N) is 1. The lowest BCUT2D eigenvalue weighted by Crippen LogP contribution is -2.31. The lowest BCUT2D eigenvalue weighted by Gasteiger charge is -2.25. The summed E-state index contributed by atoms with van der Waals surface area (Å²) in [4.78, 5) is 0.0453. The van der Waals surface area contributed by atoms with Gasteiger partial charge < -0.3 is 15.8 Å². The van der Waals surface area contributed by atoms with Gasteiger partial charge in [0.05, 0.1) is 17.5 Å². The van der Waals surface area contributed by atoms with Gasteiger partial charge in [0, 0.05) is 18.0 Å². The Labute approximate surface area is 126 Å². The SMILES string of the molecule is CCOCC(Nc1cc(N)cc(S(N)(=O)=O)c1C)C(C)C. The van der Waals surface area contributed by atoms with Crippen molar-refractivity contribution in [2.45, 2.75) is 38.6 Å². The minimum absolute atomic E-state index is 0.0453. The zero-order valence-electron chi connectivity index (χ0n) is 13.0. The molecule has 0 aliphatic heterocycles. The molecule has 0 aliphatic carbocycles. The molecule has 1 aromatic rings. The zero-order valence-corrected chi connectivity index (χ0v) is 13.8. The van der Waals surface area contributed by atoms with E-state index in [4.69, 9.17) is 15.6 Å². The normalized spacial score (nSPS) is 13.4. The van der Waals surface area contributed by atoms with Crippen LogP contribution < -0.4 is 16.2 Å². The van der Waals surface area contributed by atoms with Gasteiger partial charge in [0.2, 0.25) is 10.0 Å². The first-order chi connectivity index (χ1) is 9.66. The molecule has 6 nitrogen and oxygen atoms in total. The van der Waals surface area contributed by atoms with Gasteiger partial charge in [-0.25, -0.2) is 13.6 Å². The fourth-order valence-electron chi connectivity index (χ4n) is 2.00. The maximum atomic E-state index is 11.6. The molecule has 120 valence electrons. The van der Waals surface area contributed by atoms with Gasteiger partial charge in [0.1, 0.15) is 0 Å². The first kappa shape index (κ1) is 17.7. The minimum atomic E-state index is -3.80. The van der Waals surface area contributed by atoms with Gasteiger partial charge in [-0.3, -0.25) is 0 Å². The van der Waals surface area contributed by atoms with Crippen molar-refractivity contribution < 1.29 is 13.2 Å². The predicted molar refractivity (Wildman–Crippen MR) is 85.7 cm³/mol. The highest BCUT2D eigenvalue weighted by Gasteiger charge is 2.19. The first-order valence-corrected chi connectivity index (χ1v) is 8.48. The smallest absolute Gasteiger partial charge is 0.238 e. The fourth-order valence-corrected chi connectivity index (χ4v) is 2.84. The van der Waals surface area contributed by atoms with Crippen molar-refractivity contribution in [2.24, 2.45) is 11.1 Å². The molecule has 1 aromatic carbocycles. The Morgan fingerprint density at radius 3 is 2.43 bits per heavy atom. The Balaban J connectivity index is 3.15. The molecule has 0 bridgehead atoms. The maximum absolute atomic E-state index is 11.6. The molecule has 5 N–H and O–H groups in total. The lowest BCUT2D eigenvalue weighted by molar-refractivity contribution is 0.127. The third kappa shape index (κ3) is 4.87. The van der Waals surface area contributed by atoms with E-state index >= 15 is 0 Å². The average molecular weight is 315 g/mol. The minimum Gasteiger partial charge on any atom is -0.399 e. The second-order valence-corrected chi connectivity index (χ2v) is 6.92. The molecule has 0 amide bonds. The van der Waals surface area contributed by atoms with Crippen molar-refractivity contribution in [1.29, 1.82) is 0 Å². The van der Waals surface area contributed by atoms with E-state index in [-0.39, 0.29) is 10.9 Å². The number of nitrogen functional groups attached to an aromatic ring is 1. The van der Waals surface area contributed by atoms with E-state index in [1.54, 1.807) is 13.0 Å².